The Bertz CT molecular complexity index is 566. The maximum absolute atomic E-state index is 5.48. The number of rotatable bonds is 6. The Morgan fingerprint density at radius 2 is 2.10 bits per heavy atom. The van der Waals surface area contributed by atoms with Gasteiger partial charge in [-0.2, -0.15) is 0 Å². The molecule has 0 fully saturated rings. The van der Waals surface area contributed by atoms with Crippen molar-refractivity contribution in [3.63, 3.8) is 0 Å². The molecule has 0 aliphatic rings. The van der Waals surface area contributed by atoms with Crippen LogP contribution in [0.5, 0.6) is 11.5 Å². The molecule has 1 aromatic carbocycles. The maximum Gasteiger partial charge on any atom is 0.124 e. The molecule has 0 amide bonds. The molecule has 2 rings (SSSR count). The lowest BCUT2D eigenvalue weighted by molar-refractivity contribution is 0.393. The molecule has 1 N–H and O–H groups in total. The summed E-state index contributed by atoms with van der Waals surface area (Å²) < 4.78 is 12.8. The van der Waals surface area contributed by atoms with Crippen LogP contribution in [0.2, 0.25) is 0 Å². The molecule has 5 heteroatoms. The van der Waals surface area contributed by atoms with Crippen LogP contribution in [0.4, 0.5) is 0 Å². The minimum atomic E-state index is 0.0116. The largest absolute Gasteiger partial charge is 0.497 e. The topological polar surface area (TPSA) is 48.3 Å². The van der Waals surface area contributed by atoms with Gasteiger partial charge in [-0.1, -0.05) is 6.92 Å². The molecule has 1 atom stereocenters. The van der Waals surface area contributed by atoms with Crippen LogP contribution in [0.25, 0.3) is 0 Å². The monoisotopic (exact) mass is 275 g/mol. The minimum absolute atomic E-state index is 0.0116. The van der Waals surface area contributed by atoms with Gasteiger partial charge in [0.25, 0.3) is 0 Å². The summed E-state index contributed by atoms with van der Waals surface area (Å²) in [5.41, 5.74) is 2.12. The number of nitrogens with one attached hydrogen (secondary N) is 1. The van der Waals surface area contributed by atoms with E-state index >= 15 is 0 Å². The van der Waals surface area contributed by atoms with Crippen LogP contribution in [0.15, 0.2) is 30.7 Å². The first kappa shape index (κ1) is 14.4. The van der Waals surface area contributed by atoms with Crippen molar-refractivity contribution in [1.82, 2.24) is 14.9 Å². The lowest BCUT2D eigenvalue weighted by Gasteiger charge is -2.21. The van der Waals surface area contributed by atoms with E-state index in [-0.39, 0.29) is 6.04 Å². The van der Waals surface area contributed by atoms with E-state index in [2.05, 4.69) is 17.2 Å². The molecule has 0 aliphatic heterocycles. The summed E-state index contributed by atoms with van der Waals surface area (Å²) >= 11 is 0. The van der Waals surface area contributed by atoms with Crippen LogP contribution in [0.1, 0.15) is 24.2 Å². The molecule has 0 aliphatic carbocycles. The first-order valence-corrected chi connectivity index (χ1v) is 6.62. The second-order valence-corrected chi connectivity index (χ2v) is 4.53. The molecule has 0 bridgehead atoms. The third kappa shape index (κ3) is 2.77. The zero-order chi connectivity index (χ0) is 14.5. The normalized spacial score (nSPS) is 12.2. The van der Waals surface area contributed by atoms with E-state index in [1.807, 2.05) is 36.0 Å². The van der Waals surface area contributed by atoms with Crippen molar-refractivity contribution >= 4 is 0 Å². The van der Waals surface area contributed by atoms with Gasteiger partial charge in [-0.3, -0.25) is 0 Å². The number of ether oxygens (including phenoxy) is 2. The first-order chi connectivity index (χ1) is 9.71. The van der Waals surface area contributed by atoms with Crippen LogP contribution >= 0.6 is 0 Å². The van der Waals surface area contributed by atoms with E-state index in [4.69, 9.17) is 9.47 Å². The molecular formula is C15H21N3O2. The van der Waals surface area contributed by atoms with E-state index < -0.39 is 0 Å². The lowest BCUT2D eigenvalue weighted by Crippen LogP contribution is -2.24. The van der Waals surface area contributed by atoms with Gasteiger partial charge < -0.3 is 19.4 Å². The molecule has 0 spiro atoms. The van der Waals surface area contributed by atoms with Gasteiger partial charge in [0.05, 0.1) is 38.5 Å². The van der Waals surface area contributed by atoms with Crippen molar-refractivity contribution in [3.05, 3.63) is 42.0 Å². The Kier molecular flexibility index (Phi) is 4.63. The summed E-state index contributed by atoms with van der Waals surface area (Å²) in [4.78, 5) is 4.20. The zero-order valence-corrected chi connectivity index (χ0v) is 12.4. The summed E-state index contributed by atoms with van der Waals surface area (Å²) in [6.07, 6.45) is 3.67. The van der Waals surface area contributed by atoms with Gasteiger partial charge in [-0.05, 0) is 24.7 Å². The molecule has 1 heterocycles. The van der Waals surface area contributed by atoms with Gasteiger partial charge in [0, 0.05) is 12.6 Å². The Hall–Kier alpha value is -2.01. The van der Waals surface area contributed by atoms with E-state index in [1.165, 1.54) is 0 Å². The highest BCUT2D eigenvalue weighted by Crippen LogP contribution is 2.32. The molecule has 108 valence electrons. The fourth-order valence-electron chi connectivity index (χ4n) is 2.29. The number of methoxy groups -OCH3 is 2. The number of imidazole rings is 1. The van der Waals surface area contributed by atoms with Gasteiger partial charge >= 0.3 is 0 Å². The van der Waals surface area contributed by atoms with Crippen molar-refractivity contribution < 1.29 is 9.47 Å². The minimum Gasteiger partial charge on any atom is -0.497 e. The Morgan fingerprint density at radius 1 is 1.30 bits per heavy atom. The summed E-state index contributed by atoms with van der Waals surface area (Å²) in [5, 5.41) is 3.47. The molecule has 20 heavy (non-hydrogen) atoms. The quantitative estimate of drug-likeness (QED) is 0.877. The maximum atomic E-state index is 5.48. The fourth-order valence-corrected chi connectivity index (χ4v) is 2.29. The second-order valence-electron chi connectivity index (χ2n) is 4.53. The number of nitrogens with zero attached hydrogens (tertiary/aromatic N) is 2. The van der Waals surface area contributed by atoms with Crippen molar-refractivity contribution in [2.75, 3.05) is 20.8 Å². The van der Waals surface area contributed by atoms with Gasteiger partial charge in [0.15, 0.2) is 0 Å². The van der Waals surface area contributed by atoms with Crippen molar-refractivity contribution in [2.45, 2.75) is 13.0 Å². The first-order valence-electron chi connectivity index (χ1n) is 6.62. The Labute approximate surface area is 119 Å². The van der Waals surface area contributed by atoms with Crippen molar-refractivity contribution in [3.8, 4) is 11.5 Å². The third-order valence-electron chi connectivity index (χ3n) is 3.31. The highest BCUT2D eigenvalue weighted by molar-refractivity contribution is 5.45. The molecule has 1 unspecified atom stereocenters. The van der Waals surface area contributed by atoms with Crippen molar-refractivity contribution in [2.24, 2.45) is 7.05 Å². The van der Waals surface area contributed by atoms with E-state index in [9.17, 15) is 0 Å². The summed E-state index contributed by atoms with van der Waals surface area (Å²) in [7, 11) is 5.33. The Balaban J connectivity index is 2.50. The van der Waals surface area contributed by atoms with Gasteiger partial charge in [0.1, 0.15) is 11.5 Å². The van der Waals surface area contributed by atoms with E-state index in [0.717, 1.165) is 29.3 Å². The molecule has 0 radical (unpaired) electrons. The summed E-state index contributed by atoms with van der Waals surface area (Å²) in [6.45, 7) is 2.92. The molecule has 5 nitrogen and oxygen atoms in total. The number of aromatic nitrogens is 2. The molecule has 0 saturated heterocycles. The zero-order valence-electron chi connectivity index (χ0n) is 12.4. The second kappa shape index (κ2) is 6.43. The van der Waals surface area contributed by atoms with E-state index in [0.29, 0.717) is 0 Å². The predicted molar refractivity (Wildman–Crippen MR) is 78.3 cm³/mol. The molecular weight excluding hydrogens is 254 g/mol. The standard InChI is InChI=1S/C15H21N3O2/c1-5-17-15(13-9-16-10-18(13)2)12-8-11(19-3)6-7-14(12)20-4/h6-10,15,17H,5H2,1-4H3. The average Bonchev–Trinajstić information content (AvgIpc) is 2.90. The average molecular weight is 275 g/mol. The molecule has 1 aromatic heterocycles. The number of hydrogen-bond acceptors (Lipinski definition) is 4. The van der Waals surface area contributed by atoms with Crippen LogP contribution in [0.3, 0.4) is 0 Å². The van der Waals surface area contributed by atoms with Crippen molar-refractivity contribution in [1.29, 1.82) is 0 Å². The van der Waals surface area contributed by atoms with Crippen LogP contribution < -0.4 is 14.8 Å². The molecule has 0 saturated carbocycles. The lowest BCUT2D eigenvalue weighted by atomic mass is 10.0. The summed E-state index contributed by atoms with van der Waals surface area (Å²) in [6, 6.07) is 5.83. The predicted octanol–water partition coefficient (Wildman–Crippen LogP) is 2.14. The number of hydrogen-bond donors (Lipinski definition) is 1. The SMILES string of the molecule is CCNC(c1cc(OC)ccc1OC)c1cncn1C. The molecule has 2 aromatic rings. The smallest absolute Gasteiger partial charge is 0.124 e. The van der Waals surface area contributed by atoms with Crippen LogP contribution in [-0.4, -0.2) is 30.3 Å². The Morgan fingerprint density at radius 3 is 2.65 bits per heavy atom. The van der Waals surface area contributed by atoms with Gasteiger partial charge in [0.2, 0.25) is 0 Å². The highest BCUT2D eigenvalue weighted by atomic mass is 16.5. The number of benzene rings is 1. The van der Waals surface area contributed by atoms with E-state index in [1.54, 1.807) is 20.5 Å². The van der Waals surface area contributed by atoms with Crippen LogP contribution in [-0.2, 0) is 7.05 Å². The number of aryl methyl sites for hydroxylation is 1. The van der Waals surface area contributed by atoms with Crippen LogP contribution in [0, 0.1) is 0 Å². The fraction of sp³-hybridized carbons (Fsp3) is 0.400. The van der Waals surface area contributed by atoms with Gasteiger partial charge in [-0.15, -0.1) is 0 Å². The highest BCUT2D eigenvalue weighted by Gasteiger charge is 2.20. The third-order valence-corrected chi connectivity index (χ3v) is 3.31. The van der Waals surface area contributed by atoms with Gasteiger partial charge in [-0.25, -0.2) is 4.98 Å². The summed E-state index contributed by atoms with van der Waals surface area (Å²) in [5.74, 6) is 1.64.